The first-order valence-electron chi connectivity index (χ1n) is 10.1. The van der Waals surface area contributed by atoms with Crippen LogP contribution in [0.5, 0.6) is 0 Å². The Kier molecular flexibility index (Phi) is 5.72. The Bertz CT molecular complexity index is 1130. The summed E-state index contributed by atoms with van der Waals surface area (Å²) in [5, 5.41) is 8.29. The lowest BCUT2D eigenvalue weighted by Crippen LogP contribution is -2.15. The Morgan fingerprint density at radius 2 is 2.10 bits per heavy atom. The number of rotatable bonds is 6. The standard InChI is InChI=1S/C22H25N3O3S2/c1-10-6-7-16-15(8-10)9-17(30-16)21-24-25-22(28-21)29-14(5)20(27)19-11(2)18(13(4)26)12(3)23-19/h9-10,14,23H,6-8H2,1-5H3/t10-,14-/m1/s1. The normalized spacial score (nSPS) is 17.0. The zero-order chi connectivity index (χ0) is 21.6. The van der Waals surface area contributed by atoms with Gasteiger partial charge in [0.2, 0.25) is 0 Å². The maximum absolute atomic E-state index is 12.9. The van der Waals surface area contributed by atoms with Gasteiger partial charge >= 0.3 is 0 Å². The van der Waals surface area contributed by atoms with Crippen molar-refractivity contribution in [2.45, 2.75) is 64.4 Å². The number of ketones is 2. The molecule has 0 spiro atoms. The predicted octanol–water partition coefficient (Wildman–Crippen LogP) is 5.43. The number of hydrogen-bond donors (Lipinski definition) is 1. The summed E-state index contributed by atoms with van der Waals surface area (Å²) in [7, 11) is 0. The fourth-order valence-electron chi connectivity index (χ4n) is 4.10. The molecule has 158 valence electrons. The smallest absolute Gasteiger partial charge is 0.277 e. The van der Waals surface area contributed by atoms with E-state index >= 15 is 0 Å². The van der Waals surface area contributed by atoms with Gasteiger partial charge in [-0.2, -0.15) is 0 Å². The maximum atomic E-state index is 12.9. The van der Waals surface area contributed by atoms with Crippen LogP contribution in [0.3, 0.4) is 0 Å². The molecule has 0 radical (unpaired) electrons. The average molecular weight is 444 g/mol. The molecule has 3 aromatic rings. The first-order valence-corrected chi connectivity index (χ1v) is 11.8. The van der Waals surface area contributed by atoms with Crippen LogP contribution in [0, 0.1) is 19.8 Å². The zero-order valence-corrected chi connectivity index (χ0v) is 19.4. The molecule has 1 N–H and O–H groups in total. The molecule has 0 fully saturated rings. The van der Waals surface area contributed by atoms with E-state index in [1.165, 1.54) is 35.5 Å². The second-order valence-corrected chi connectivity index (χ2v) is 10.5. The minimum Gasteiger partial charge on any atom is -0.410 e. The number of nitrogens with zero attached hydrogens (tertiary/aromatic N) is 2. The molecule has 6 nitrogen and oxygen atoms in total. The Morgan fingerprint density at radius 1 is 1.33 bits per heavy atom. The Hall–Kier alpha value is -2.19. The van der Waals surface area contributed by atoms with Gasteiger partial charge in [-0.3, -0.25) is 9.59 Å². The first-order chi connectivity index (χ1) is 14.2. The van der Waals surface area contributed by atoms with E-state index in [-0.39, 0.29) is 11.6 Å². The van der Waals surface area contributed by atoms with E-state index in [2.05, 4.69) is 28.2 Å². The van der Waals surface area contributed by atoms with Gasteiger partial charge in [0, 0.05) is 16.1 Å². The number of thioether (sulfide) groups is 1. The molecule has 1 aliphatic carbocycles. The molecule has 0 saturated heterocycles. The first kappa shape index (κ1) is 21.1. The molecule has 4 rings (SSSR count). The number of carbonyl (C=O) groups excluding carboxylic acids is 2. The van der Waals surface area contributed by atoms with Crippen molar-refractivity contribution in [2.75, 3.05) is 0 Å². The van der Waals surface area contributed by atoms with Crippen LogP contribution in [0.15, 0.2) is 15.7 Å². The van der Waals surface area contributed by atoms with Gasteiger partial charge in [0.15, 0.2) is 11.6 Å². The van der Waals surface area contributed by atoms with E-state index in [0.29, 0.717) is 33.9 Å². The summed E-state index contributed by atoms with van der Waals surface area (Å²) in [5.41, 5.74) is 3.87. The number of thiophene rings is 1. The SMILES string of the molecule is CC(=O)c1c(C)[nH]c(C(=O)[C@@H](C)Sc2nnc(-c3cc4c(s3)CC[C@@H](C)C4)o2)c1C. The fourth-order valence-corrected chi connectivity index (χ4v) is 5.97. The zero-order valence-electron chi connectivity index (χ0n) is 17.8. The molecule has 30 heavy (non-hydrogen) atoms. The summed E-state index contributed by atoms with van der Waals surface area (Å²) < 4.78 is 5.86. The van der Waals surface area contributed by atoms with Gasteiger partial charge in [-0.15, -0.1) is 21.5 Å². The molecule has 2 atom stereocenters. The van der Waals surface area contributed by atoms with Gasteiger partial charge in [0.25, 0.3) is 11.1 Å². The minimum absolute atomic E-state index is 0.0461. The second-order valence-electron chi connectivity index (χ2n) is 8.09. The van der Waals surface area contributed by atoms with E-state index in [1.807, 2.05) is 13.8 Å². The van der Waals surface area contributed by atoms with Crippen LogP contribution in [-0.2, 0) is 12.8 Å². The lowest BCUT2D eigenvalue weighted by atomic mass is 9.90. The molecule has 0 saturated carbocycles. The Morgan fingerprint density at radius 3 is 2.80 bits per heavy atom. The summed E-state index contributed by atoms with van der Waals surface area (Å²) in [4.78, 5) is 30.3. The summed E-state index contributed by atoms with van der Waals surface area (Å²) in [5.74, 6) is 1.09. The van der Waals surface area contributed by atoms with Crippen molar-refractivity contribution in [3.05, 3.63) is 39.0 Å². The van der Waals surface area contributed by atoms with Gasteiger partial charge in [0.1, 0.15) is 0 Å². The highest BCUT2D eigenvalue weighted by Crippen LogP contribution is 2.38. The molecule has 1 aliphatic rings. The van der Waals surface area contributed by atoms with E-state index in [9.17, 15) is 9.59 Å². The highest BCUT2D eigenvalue weighted by molar-refractivity contribution is 8.00. The van der Waals surface area contributed by atoms with Crippen LogP contribution in [0.1, 0.15) is 69.7 Å². The topological polar surface area (TPSA) is 88.9 Å². The predicted molar refractivity (Wildman–Crippen MR) is 119 cm³/mol. The number of carbonyl (C=O) groups is 2. The lowest BCUT2D eigenvalue weighted by molar-refractivity contribution is 0.0988. The minimum atomic E-state index is -0.424. The third-order valence-electron chi connectivity index (χ3n) is 5.63. The van der Waals surface area contributed by atoms with Gasteiger partial charge in [-0.05, 0) is 70.1 Å². The number of Topliss-reactive ketones (excluding diaryl/α,β-unsaturated/α-hetero) is 2. The van der Waals surface area contributed by atoms with Crippen molar-refractivity contribution >= 4 is 34.7 Å². The van der Waals surface area contributed by atoms with Crippen molar-refractivity contribution in [3.8, 4) is 10.8 Å². The molecular formula is C22H25N3O3S2. The van der Waals surface area contributed by atoms with Crippen molar-refractivity contribution in [1.82, 2.24) is 15.2 Å². The molecule has 0 amide bonds. The number of H-pyrrole nitrogens is 1. The third kappa shape index (κ3) is 3.90. The number of fused-ring (bicyclic) bond motifs is 1. The average Bonchev–Trinajstić information content (AvgIpc) is 3.37. The molecule has 0 aliphatic heterocycles. The van der Waals surface area contributed by atoms with Crippen LogP contribution in [0.4, 0.5) is 0 Å². The summed E-state index contributed by atoms with van der Waals surface area (Å²) in [6.45, 7) is 9.22. The largest absolute Gasteiger partial charge is 0.410 e. The van der Waals surface area contributed by atoms with Crippen molar-refractivity contribution in [1.29, 1.82) is 0 Å². The number of hydrogen-bond acceptors (Lipinski definition) is 7. The van der Waals surface area contributed by atoms with E-state index in [4.69, 9.17) is 4.42 Å². The van der Waals surface area contributed by atoms with E-state index in [1.54, 1.807) is 18.3 Å². The third-order valence-corrected chi connectivity index (χ3v) is 7.79. The molecule has 3 heterocycles. The molecule has 0 aromatic carbocycles. The van der Waals surface area contributed by atoms with Crippen LogP contribution in [-0.4, -0.2) is 32.0 Å². The molecule has 0 unspecified atom stereocenters. The highest BCUT2D eigenvalue weighted by atomic mass is 32.2. The Balaban J connectivity index is 1.49. The quantitative estimate of drug-likeness (QED) is 0.403. The summed E-state index contributed by atoms with van der Waals surface area (Å²) in [6.07, 6.45) is 3.43. The van der Waals surface area contributed by atoms with Crippen molar-refractivity contribution in [2.24, 2.45) is 5.92 Å². The van der Waals surface area contributed by atoms with E-state index in [0.717, 1.165) is 23.4 Å². The number of aromatic nitrogens is 3. The van der Waals surface area contributed by atoms with Gasteiger partial charge in [0.05, 0.1) is 15.8 Å². The fraction of sp³-hybridized carbons (Fsp3) is 0.455. The van der Waals surface area contributed by atoms with Crippen LogP contribution in [0.25, 0.3) is 10.8 Å². The number of nitrogens with one attached hydrogen (secondary N) is 1. The van der Waals surface area contributed by atoms with Gasteiger partial charge in [-0.25, -0.2) is 0 Å². The highest BCUT2D eigenvalue weighted by Gasteiger charge is 2.26. The molecule has 8 heteroatoms. The van der Waals surface area contributed by atoms with Crippen LogP contribution < -0.4 is 0 Å². The monoisotopic (exact) mass is 443 g/mol. The molecular weight excluding hydrogens is 418 g/mol. The summed E-state index contributed by atoms with van der Waals surface area (Å²) in [6, 6.07) is 2.17. The molecule has 0 bridgehead atoms. The summed E-state index contributed by atoms with van der Waals surface area (Å²) >= 11 is 2.96. The van der Waals surface area contributed by atoms with Crippen molar-refractivity contribution in [3.63, 3.8) is 0 Å². The lowest BCUT2D eigenvalue weighted by Gasteiger charge is -2.16. The second kappa shape index (κ2) is 8.15. The van der Waals surface area contributed by atoms with Gasteiger partial charge in [-0.1, -0.05) is 18.7 Å². The molecule has 3 aromatic heterocycles. The van der Waals surface area contributed by atoms with Crippen molar-refractivity contribution < 1.29 is 14.0 Å². The van der Waals surface area contributed by atoms with Crippen LogP contribution in [0.2, 0.25) is 0 Å². The Labute approximate surface area is 183 Å². The van der Waals surface area contributed by atoms with Gasteiger partial charge < -0.3 is 9.40 Å². The van der Waals surface area contributed by atoms with E-state index < -0.39 is 5.25 Å². The maximum Gasteiger partial charge on any atom is 0.277 e. The van der Waals surface area contributed by atoms with Crippen LogP contribution >= 0.6 is 23.1 Å². The number of aryl methyl sites for hydroxylation is 2. The number of aromatic amines is 1.